The van der Waals surface area contributed by atoms with Gasteiger partial charge in [0.1, 0.15) is 11.8 Å². The van der Waals surface area contributed by atoms with Crippen molar-refractivity contribution in [2.24, 2.45) is 5.92 Å². The summed E-state index contributed by atoms with van der Waals surface area (Å²) in [5, 5.41) is 17.0. The predicted octanol–water partition coefficient (Wildman–Crippen LogP) is 6.06. The van der Waals surface area contributed by atoms with Gasteiger partial charge in [-0.25, -0.2) is 4.79 Å². The van der Waals surface area contributed by atoms with Gasteiger partial charge >= 0.3 is 12.0 Å². The number of nitrogens with zero attached hydrogens (tertiary/aromatic N) is 4. The monoisotopic (exact) mass is 573 g/mol. The molecule has 2 amide bonds. The largest absolute Gasteiger partial charge is 0.490 e. The van der Waals surface area contributed by atoms with E-state index >= 15 is 0 Å². The first-order valence-corrected chi connectivity index (χ1v) is 14.7. The number of carbonyl (C=O) groups excluding carboxylic acids is 2. The maximum absolute atomic E-state index is 13.1. The van der Waals surface area contributed by atoms with Crippen LogP contribution >= 0.6 is 0 Å². The van der Waals surface area contributed by atoms with Crippen molar-refractivity contribution in [3.8, 4) is 34.7 Å². The summed E-state index contributed by atoms with van der Waals surface area (Å²) in [4.78, 5) is 31.1. The van der Waals surface area contributed by atoms with Crippen LogP contribution in [0.3, 0.4) is 0 Å². The molecule has 0 radical (unpaired) electrons. The van der Waals surface area contributed by atoms with E-state index < -0.39 is 0 Å². The first-order valence-electron chi connectivity index (χ1n) is 14.7. The number of urea groups is 1. The van der Waals surface area contributed by atoms with E-state index in [0.29, 0.717) is 48.1 Å². The molecule has 2 aliphatic rings. The summed E-state index contributed by atoms with van der Waals surface area (Å²) >= 11 is 0. The molecule has 0 spiro atoms. The first kappa shape index (κ1) is 30.6. The summed E-state index contributed by atoms with van der Waals surface area (Å²) in [6.07, 6.45) is 3.49. The van der Waals surface area contributed by atoms with E-state index in [2.05, 4.69) is 21.5 Å². The standard InChI is InChI=1S/C30H33N5O5.C2H6/c1-18(2)39-26-10-7-20(16-21(26)17-31)29-33-28(34-40-29)24-6-4-5-23-22(24)8-9-25(23)32-30(37)35-13-11-19(12-14-35)15-27(36)38-3;1-2/h4-7,10,16,18-19,25H,8-9,11-15H2,1-3H3,(H,32,37);1-2H3. The molecule has 0 saturated carbocycles. The summed E-state index contributed by atoms with van der Waals surface area (Å²) in [5.74, 6) is 1.35. The molecular weight excluding hydrogens is 534 g/mol. The summed E-state index contributed by atoms with van der Waals surface area (Å²) in [6.45, 7) is 9.06. The van der Waals surface area contributed by atoms with Crippen LogP contribution in [0, 0.1) is 17.2 Å². The van der Waals surface area contributed by atoms with Gasteiger partial charge in [-0.2, -0.15) is 10.2 Å². The fourth-order valence-corrected chi connectivity index (χ4v) is 5.47. The second-order valence-electron chi connectivity index (χ2n) is 10.5. The quantitative estimate of drug-likeness (QED) is 0.338. The number of methoxy groups -OCH3 is 1. The molecule has 1 fully saturated rings. The van der Waals surface area contributed by atoms with Crippen molar-refractivity contribution in [3.63, 3.8) is 0 Å². The lowest BCUT2D eigenvalue weighted by atomic mass is 9.94. The van der Waals surface area contributed by atoms with Crippen molar-refractivity contribution in [2.45, 2.75) is 71.9 Å². The number of benzene rings is 2. The van der Waals surface area contributed by atoms with Crippen molar-refractivity contribution in [3.05, 3.63) is 53.1 Å². The fourth-order valence-electron chi connectivity index (χ4n) is 5.47. The summed E-state index contributed by atoms with van der Waals surface area (Å²) in [7, 11) is 1.40. The zero-order valence-electron chi connectivity index (χ0n) is 25.0. The fraction of sp³-hybridized carbons (Fsp3) is 0.469. The SMILES string of the molecule is CC.COC(=O)CC1CCN(C(=O)NC2CCc3c(-c4noc(-c5ccc(OC(C)C)c(C#N)c5)n4)cccc32)CC1. The minimum atomic E-state index is -0.198. The number of aromatic nitrogens is 2. The Balaban J connectivity index is 0.00000198. The maximum atomic E-state index is 13.1. The number of nitrogens with one attached hydrogen (secondary N) is 1. The van der Waals surface area contributed by atoms with Gasteiger partial charge in [-0.05, 0) is 74.8 Å². The van der Waals surface area contributed by atoms with Gasteiger partial charge in [0.15, 0.2) is 0 Å². The van der Waals surface area contributed by atoms with Crippen LogP contribution < -0.4 is 10.1 Å². The van der Waals surface area contributed by atoms with Crippen LogP contribution in [-0.4, -0.2) is 53.3 Å². The first-order chi connectivity index (χ1) is 20.4. The molecule has 10 heteroatoms. The number of hydrogen-bond donors (Lipinski definition) is 1. The Morgan fingerprint density at radius 3 is 2.62 bits per heavy atom. The number of piperidine rings is 1. The maximum Gasteiger partial charge on any atom is 0.317 e. The molecule has 5 rings (SSSR count). The molecule has 1 unspecified atom stereocenters. The number of hydrogen-bond acceptors (Lipinski definition) is 8. The number of esters is 1. The molecule has 1 saturated heterocycles. The van der Waals surface area contributed by atoms with Crippen LogP contribution in [0.4, 0.5) is 4.79 Å². The highest BCUT2D eigenvalue weighted by atomic mass is 16.5. The van der Waals surface area contributed by atoms with Crippen molar-refractivity contribution < 1.29 is 23.6 Å². The highest BCUT2D eigenvalue weighted by Gasteiger charge is 2.31. The predicted molar refractivity (Wildman–Crippen MR) is 158 cm³/mol. The van der Waals surface area contributed by atoms with E-state index in [1.54, 1.807) is 18.2 Å². The summed E-state index contributed by atoms with van der Waals surface area (Å²) in [6, 6.07) is 13.2. The molecule has 1 aromatic heterocycles. The minimum Gasteiger partial charge on any atom is -0.490 e. The van der Waals surface area contributed by atoms with Gasteiger partial charge in [0.05, 0.1) is 24.8 Å². The number of amides is 2. The molecule has 10 nitrogen and oxygen atoms in total. The number of rotatable bonds is 7. The smallest absolute Gasteiger partial charge is 0.317 e. The zero-order chi connectivity index (χ0) is 30.2. The van der Waals surface area contributed by atoms with Crippen LogP contribution in [0.25, 0.3) is 22.8 Å². The van der Waals surface area contributed by atoms with Gasteiger partial charge in [-0.1, -0.05) is 37.2 Å². The topological polar surface area (TPSA) is 131 Å². The van der Waals surface area contributed by atoms with Crippen LogP contribution in [0.1, 0.15) is 76.1 Å². The second-order valence-corrected chi connectivity index (χ2v) is 10.5. The second kappa shape index (κ2) is 14.0. The van der Waals surface area contributed by atoms with E-state index in [1.165, 1.54) is 7.11 Å². The van der Waals surface area contributed by atoms with Crippen LogP contribution in [-0.2, 0) is 16.0 Å². The van der Waals surface area contributed by atoms with Crippen LogP contribution in [0.2, 0.25) is 0 Å². The third kappa shape index (κ3) is 6.90. The highest BCUT2D eigenvalue weighted by molar-refractivity contribution is 5.76. The molecule has 2 heterocycles. The Morgan fingerprint density at radius 1 is 1.17 bits per heavy atom. The van der Waals surface area contributed by atoms with E-state index in [1.807, 2.05) is 50.8 Å². The number of fused-ring (bicyclic) bond motifs is 1. The molecule has 1 atom stereocenters. The Hall–Kier alpha value is -4.39. The zero-order valence-corrected chi connectivity index (χ0v) is 25.0. The number of likely N-dealkylation sites (tertiary alicyclic amines) is 1. The lowest BCUT2D eigenvalue weighted by molar-refractivity contribution is -0.142. The van der Waals surface area contributed by atoms with Crippen LogP contribution in [0.5, 0.6) is 5.75 Å². The Labute approximate surface area is 247 Å². The molecule has 1 aliphatic heterocycles. The van der Waals surface area contributed by atoms with Crippen molar-refractivity contribution >= 4 is 12.0 Å². The van der Waals surface area contributed by atoms with E-state index in [0.717, 1.165) is 42.4 Å². The Kier molecular flexibility index (Phi) is 10.2. The Bertz CT molecular complexity index is 1440. The molecule has 2 aromatic carbocycles. The third-order valence-corrected chi connectivity index (χ3v) is 7.53. The van der Waals surface area contributed by atoms with E-state index in [9.17, 15) is 14.9 Å². The lowest BCUT2D eigenvalue weighted by Crippen LogP contribution is -2.45. The average Bonchev–Trinajstić information content (AvgIpc) is 3.66. The normalized spacial score (nSPS) is 16.2. The number of ether oxygens (including phenoxy) is 2. The molecule has 3 aromatic rings. The van der Waals surface area contributed by atoms with Gasteiger partial charge in [-0.3, -0.25) is 4.79 Å². The van der Waals surface area contributed by atoms with Crippen molar-refractivity contribution in [1.82, 2.24) is 20.4 Å². The average molecular weight is 574 g/mol. The number of carbonyl (C=O) groups is 2. The molecule has 1 N–H and O–H groups in total. The Morgan fingerprint density at radius 2 is 1.93 bits per heavy atom. The molecule has 1 aliphatic carbocycles. The van der Waals surface area contributed by atoms with Gasteiger partial charge in [-0.15, -0.1) is 0 Å². The van der Waals surface area contributed by atoms with Gasteiger partial charge < -0.3 is 24.2 Å². The van der Waals surface area contributed by atoms with Gasteiger partial charge in [0.2, 0.25) is 5.82 Å². The van der Waals surface area contributed by atoms with Gasteiger partial charge in [0, 0.05) is 30.6 Å². The summed E-state index contributed by atoms with van der Waals surface area (Å²) < 4.78 is 16.1. The van der Waals surface area contributed by atoms with E-state index in [-0.39, 0.29) is 30.1 Å². The van der Waals surface area contributed by atoms with Crippen molar-refractivity contribution in [2.75, 3.05) is 20.2 Å². The highest BCUT2D eigenvalue weighted by Crippen LogP contribution is 2.38. The molecule has 42 heavy (non-hydrogen) atoms. The third-order valence-electron chi connectivity index (χ3n) is 7.53. The van der Waals surface area contributed by atoms with Crippen molar-refractivity contribution in [1.29, 1.82) is 5.26 Å². The van der Waals surface area contributed by atoms with Crippen LogP contribution in [0.15, 0.2) is 40.9 Å². The van der Waals surface area contributed by atoms with Gasteiger partial charge in [0.25, 0.3) is 5.89 Å². The summed E-state index contributed by atoms with van der Waals surface area (Å²) in [5.41, 5.74) is 4.06. The molecule has 222 valence electrons. The minimum absolute atomic E-state index is 0.0491. The number of nitriles is 1. The lowest BCUT2D eigenvalue weighted by Gasteiger charge is -2.32. The molecular formula is C32H39N5O5. The molecule has 0 bridgehead atoms. The van der Waals surface area contributed by atoms with E-state index in [4.69, 9.17) is 14.0 Å².